The molecule has 0 aliphatic heterocycles. The van der Waals surface area contributed by atoms with Crippen LogP contribution in [0.4, 0.5) is 0 Å². The van der Waals surface area contributed by atoms with E-state index in [9.17, 15) is 0 Å². The molecule has 0 unspecified atom stereocenters. The summed E-state index contributed by atoms with van der Waals surface area (Å²) in [6.45, 7) is 0.794. The average Bonchev–Trinajstić information content (AvgIpc) is 3.28. The highest BCUT2D eigenvalue weighted by Crippen LogP contribution is 2.37. The minimum atomic E-state index is 0.524. The summed E-state index contributed by atoms with van der Waals surface area (Å²) in [6.07, 6.45) is 2.52. The van der Waals surface area contributed by atoms with Crippen LogP contribution in [0, 0.1) is 0 Å². The number of hydrogen-bond donors (Lipinski definition) is 1. The maximum atomic E-state index is 6.21. The molecule has 21 heavy (non-hydrogen) atoms. The Morgan fingerprint density at radius 1 is 1.10 bits per heavy atom. The summed E-state index contributed by atoms with van der Waals surface area (Å²) in [5, 5.41) is 4.58. The summed E-state index contributed by atoms with van der Waals surface area (Å²) < 4.78 is 6.71. The van der Waals surface area contributed by atoms with E-state index in [0.717, 1.165) is 22.3 Å². The van der Waals surface area contributed by atoms with Crippen LogP contribution in [0.25, 0.3) is 0 Å². The minimum Gasteiger partial charge on any atom is -0.455 e. The van der Waals surface area contributed by atoms with Gasteiger partial charge < -0.3 is 10.1 Å². The number of halogens is 3. The lowest BCUT2D eigenvalue weighted by atomic mass is 10.2. The molecule has 0 atom stereocenters. The van der Waals surface area contributed by atoms with Crippen LogP contribution < -0.4 is 10.1 Å². The van der Waals surface area contributed by atoms with Gasteiger partial charge >= 0.3 is 0 Å². The standard InChI is InChI=1S/C16H14BrCl2NO/c17-12-7-14(19)16(8-13(12)18)21-15-4-2-1-3-10(15)9-20-11-5-6-11/h1-4,7-8,11,20H,5-6,9H2. The quantitative estimate of drug-likeness (QED) is 0.655. The SMILES string of the molecule is Clc1cc(Oc2ccccc2CNC2CC2)c(Cl)cc1Br. The summed E-state index contributed by atoms with van der Waals surface area (Å²) in [6, 6.07) is 12.1. The van der Waals surface area contributed by atoms with Gasteiger partial charge in [0, 0.05) is 28.7 Å². The first-order valence-electron chi connectivity index (χ1n) is 6.77. The maximum absolute atomic E-state index is 6.21. The van der Waals surface area contributed by atoms with Crippen molar-refractivity contribution in [3.63, 3.8) is 0 Å². The van der Waals surface area contributed by atoms with Gasteiger partial charge in [0.25, 0.3) is 0 Å². The van der Waals surface area contributed by atoms with Crippen molar-refractivity contribution < 1.29 is 4.74 Å². The van der Waals surface area contributed by atoms with E-state index in [-0.39, 0.29) is 0 Å². The van der Waals surface area contributed by atoms with Crippen LogP contribution in [0.15, 0.2) is 40.9 Å². The van der Waals surface area contributed by atoms with Crippen molar-refractivity contribution in [1.29, 1.82) is 0 Å². The Labute approximate surface area is 142 Å². The molecule has 0 spiro atoms. The van der Waals surface area contributed by atoms with Crippen LogP contribution >= 0.6 is 39.1 Å². The van der Waals surface area contributed by atoms with Gasteiger partial charge in [0.05, 0.1) is 10.0 Å². The van der Waals surface area contributed by atoms with Crippen LogP contribution in [-0.2, 0) is 6.54 Å². The van der Waals surface area contributed by atoms with Crippen molar-refractivity contribution in [2.75, 3.05) is 0 Å². The minimum absolute atomic E-state index is 0.524. The molecule has 1 fully saturated rings. The molecule has 0 heterocycles. The first-order chi connectivity index (χ1) is 10.1. The van der Waals surface area contributed by atoms with Crippen LogP contribution in [0.3, 0.4) is 0 Å². The first kappa shape index (κ1) is 15.2. The molecule has 2 aromatic carbocycles. The Balaban J connectivity index is 1.82. The second-order valence-electron chi connectivity index (χ2n) is 5.06. The third-order valence-electron chi connectivity index (χ3n) is 3.33. The molecule has 1 saturated carbocycles. The predicted octanol–water partition coefficient (Wildman–Crippen LogP) is 5.80. The molecule has 5 heteroatoms. The van der Waals surface area contributed by atoms with E-state index in [1.165, 1.54) is 12.8 Å². The summed E-state index contributed by atoms with van der Waals surface area (Å²) in [5.74, 6) is 1.36. The van der Waals surface area contributed by atoms with Crippen molar-refractivity contribution in [1.82, 2.24) is 5.32 Å². The van der Waals surface area contributed by atoms with Crippen molar-refractivity contribution in [2.24, 2.45) is 0 Å². The molecule has 1 N–H and O–H groups in total. The van der Waals surface area contributed by atoms with E-state index in [0.29, 0.717) is 21.8 Å². The Morgan fingerprint density at radius 3 is 2.62 bits per heavy atom. The number of rotatable bonds is 5. The van der Waals surface area contributed by atoms with E-state index in [1.54, 1.807) is 12.1 Å². The van der Waals surface area contributed by atoms with Crippen LogP contribution in [0.2, 0.25) is 10.0 Å². The average molecular weight is 387 g/mol. The molecule has 0 saturated heterocycles. The lowest BCUT2D eigenvalue weighted by Crippen LogP contribution is -2.15. The van der Waals surface area contributed by atoms with Gasteiger partial charge in [-0.3, -0.25) is 0 Å². The van der Waals surface area contributed by atoms with Gasteiger partial charge in [-0.15, -0.1) is 0 Å². The molecule has 2 aromatic rings. The highest BCUT2D eigenvalue weighted by molar-refractivity contribution is 9.10. The van der Waals surface area contributed by atoms with Crippen molar-refractivity contribution >= 4 is 39.1 Å². The van der Waals surface area contributed by atoms with Gasteiger partial charge in [-0.1, -0.05) is 41.4 Å². The molecule has 0 amide bonds. The van der Waals surface area contributed by atoms with Crippen molar-refractivity contribution in [2.45, 2.75) is 25.4 Å². The molecule has 1 aliphatic rings. The number of benzene rings is 2. The Kier molecular flexibility index (Phi) is 4.75. The number of para-hydroxylation sites is 1. The largest absolute Gasteiger partial charge is 0.455 e. The number of hydrogen-bond acceptors (Lipinski definition) is 2. The Morgan fingerprint density at radius 2 is 1.86 bits per heavy atom. The van der Waals surface area contributed by atoms with Crippen LogP contribution in [0.5, 0.6) is 11.5 Å². The summed E-state index contributed by atoms with van der Waals surface area (Å²) in [4.78, 5) is 0. The highest BCUT2D eigenvalue weighted by atomic mass is 79.9. The summed E-state index contributed by atoms with van der Waals surface area (Å²) >= 11 is 15.7. The smallest absolute Gasteiger partial charge is 0.147 e. The Bertz CT molecular complexity index is 659. The van der Waals surface area contributed by atoms with Crippen LogP contribution in [0.1, 0.15) is 18.4 Å². The fourth-order valence-corrected chi connectivity index (χ4v) is 2.82. The zero-order chi connectivity index (χ0) is 14.8. The van der Waals surface area contributed by atoms with E-state index in [4.69, 9.17) is 27.9 Å². The molecular weight excluding hydrogens is 373 g/mol. The zero-order valence-electron chi connectivity index (χ0n) is 11.2. The van der Waals surface area contributed by atoms with Gasteiger partial charge in [0.1, 0.15) is 11.5 Å². The molecule has 0 radical (unpaired) electrons. The Hall–Kier alpha value is -0.740. The van der Waals surface area contributed by atoms with Gasteiger partial charge in [-0.25, -0.2) is 0 Å². The molecule has 1 aliphatic carbocycles. The topological polar surface area (TPSA) is 21.3 Å². The van der Waals surface area contributed by atoms with E-state index < -0.39 is 0 Å². The monoisotopic (exact) mass is 385 g/mol. The van der Waals surface area contributed by atoms with E-state index >= 15 is 0 Å². The molecule has 0 aromatic heterocycles. The number of ether oxygens (including phenoxy) is 1. The molecule has 2 nitrogen and oxygen atoms in total. The fraction of sp³-hybridized carbons (Fsp3) is 0.250. The lowest BCUT2D eigenvalue weighted by molar-refractivity contribution is 0.472. The zero-order valence-corrected chi connectivity index (χ0v) is 14.3. The fourth-order valence-electron chi connectivity index (χ4n) is 1.99. The third kappa shape index (κ3) is 3.92. The molecule has 0 bridgehead atoms. The summed E-state index contributed by atoms with van der Waals surface area (Å²) in [7, 11) is 0. The summed E-state index contributed by atoms with van der Waals surface area (Å²) in [5.41, 5.74) is 1.11. The maximum Gasteiger partial charge on any atom is 0.147 e. The van der Waals surface area contributed by atoms with Crippen molar-refractivity contribution in [3.05, 3.63) is 56.5 Å². The van der Waals surface area contributed by atoms with Gasteiger partial charge in [0.15, 0.2) is 0 Å². The first-order valence-corrected chi connectivity index (χ1v) is 8.32. The molecule has 3 rings (SSSR count). The predicted molar refractivity (Wildman–Crippen MR) is 90.5 cm³/mol. The number of nitrogens with one attached hydrogen (secondary N) is 1. The van der Waals surface area contributed by atoms with Gasteiger partial charge in [0.2, 0.25) is 0 Å². The van der Waals surface area contributed by atoms with Gasteiger partial charge in [-0.2, -0.15) is 0 Å². The molecule has 110 valence electrons. The third-order valence-corrected chi connectivity index (χ3v) is 4.82. The van der Waals surface area contributed by atoms with Crippen molar-refractivity contribution in [3.8, 4) is 11.5 Å². The second-order valence-corrected chi connectivity index (χ2v) is 6.73. The second kappa shape index (κ2) is 6.57. The van der Waals surface area contributed by atoms with Gasteiger partial charge in [-0.05, 0) is 40.9 Å². The lowest BCUT2D eigenvalue weighted by Gasteiger charge is -2.13. The molecular formula is C16H14BrCl2NO. The van der Waals surface area contributed by atoms with E-state index in [2.05, 4.69) is 27.3 Å². The van der Waals surface area contributed by atoms with E-state index in [1.807, 2.05) is 18.2 Å². The van der Waals surface area contributed by atoms with Crippen LogP contribution in [-0.4, -0.2) is 6.04 Å². The normalized spacial score (nSPS) is 14.2. The highest BCUT2D eigenvalue weighted by Gasteiger charge is 2.20.